The maximum absolute atomic E-state index is 12.2. The Morgan fingerprint density at radius 3 is 2.53 bits per heavy atom. The summed E-state index contributed by atoms with van der Waals surface area (Å²) in [6.07, 6.45) is 1.36. The Labute approximate surface area is 115 Å². The van der Waals surface area contributed by atoms with Crippen molar-refractivity contribution in [2.24, 2.45) is 0 Å². The molecule has 1 heterocycles. The van der Waals surface area contributed by atoms with Gasteiger partial charge in [0, 0.05) is 3.57 Å². The SMILES string of the molecule is O=S(=O)(Nc1ccccc1I)C1CCNCC1. The number of rotatable bonds is 3. The molecule has 1 aliphatic heterocycles. The summed E-state index contributed by atoms with van der Waals surface area (Å²) in [5.41, 5.74) is 0.673. The van der Waals surface area contributed by atoms with Crippen LogP contribution in [0.3, 0.4) is 0 Å². The number of halogens is 1. The van der Waals surface area contributed by atoms with Crippen LogP contribution in [-0.2, 0) is 10.0 Å². The molecular weight excluding hydrogens is 351 g/mol. The van der Waals surface area contributed by atoms with Crippen molar-refractivity contribution in [2.45, 2.75) is 18.1 Å². The van der Waals surface area contributed by atoms with Crippen molar-refractivity contribution in [2.75, 3.05) is 17.8 Å². The molecule has 2 rings (SSSR count). The fraction of sp³-hybridized carbons (Fsp3) is 0.455. The highest BCUT2D eigenvalue weighted by Crippen LogP contribution is 2.22. The average molecular weight is 366 g/mol. The molecular formula is C11H15IN2O2S. The first-order chi connectivity index (χ1) is 8.09. The Morgan fingerprint density at radius 1 is 1.24 bits per heavy atom. The van der Waals surface area contributed by atoms with Crippen LogP contribution >= 0.6 is 22.6 Å². The van der Waals surface area contributed by atoms with E-state index in [-0.39, 0.29) is 5.25 Å². The van der Waals surface area contributed by atoms with Gasteiger partial charge < -0.3 is 5.32 Å². The molecule has 0 bridgehead atoms. The zero-order valence-corrected chi connectivity index (χ0v) is 12.3. The molecule has 6 heteroatoms. The minimum atomic E-state index is -3.25. The molecule has 0 aliphatic carbocycles. The van der Waals surface area contributed by atoms with Gasteiger partial charge in [-0.05, 0) is 60.7 Å². The minimum absolute atomic E-state index is 0.278. The average Bonchev–Trinajstić information content (AvgIpc) is 2.33. The van der Waals surface area contributed by atoms with Gasteiger partial charge in [0.25, 0.3) is 0 Å². The standard InChI is InChI=1S/C11H15IN2O2S/c12-10-3-1-2-4-11(10)14-17(15,16)9-5-7-13-8-6-9/h1-4,9,13-14H,5-8H2. The maximum Gasteiger partial charge on any atom is 0.235 e. The van der Waals surface area contributed by atoms with Crippen molar-refractivity contribution >= 4 is 38.3 Å². The molecule has 1 fully saturated rings. The van der Waals surface area contributed by atoms with Crippen LogP contribution in [0.2, 0.25) is 0 Å². The molecule has 0 saturated carbocycles. The Hall–Kier alpha value is -0.340. The lowest BCUT2D eigenvalue weighted by Crippen LogP contribution is -2.38. The van der Waals surface area contributed by atoms with Gasteiger partial charge in [-0.2, -0.15) is 0 Å². The first kappa shape index (κ1) is 13.1. The summed E-state index contributed by atoms with van der Waals surface area (Å²) in [5.74, 6) is 0. The van der Waals surface area contributed by atoms with E-state index in [1.807, 2.05) is 18.2 Å². The second-order valence-electron chi connectivity index (χ2n) is 4.08. The van der Waals surface area contributed by atoms with E-state index in [0.717, 1.165) is 16.7 Å². The minimum Gasteiger partial charge on any atom is -0.317 e. The molecule has 4 nitrogen and oxygen atoms in total. The lowest BCUT2D eigenvalue weighted by molar-refractivity contribution is 0.499. The summed E-state index contributed by atoms with van der Waals surface area (Å²) in [5, 5.41) is 2.89. The maximum atomic E-state index is 12.2. The normalized spacial score (nSPS) is 17.9. The molecule has 1 saturated heterocycles. The van der Waals surface area contributed by atoms with Crippen LogP contribution in [0.25, 0.3) is 0 Å². The van der Waals surface area contributed by atoms with E-state index < -0.39 is 10.0 Å². The van der Waals surface area contributed by atoms with Crippen LogP contribution in [0.5, 0.6) is 0 Å². The number of hydrogen-bond donors (Lipinski definition) is 2. The molecule has 0 amide bonds. The molecule has 0 spiro atoms. The second kappa shape index (κ2) is 5.53. The summed E-state index contributed by atoms with van der Waals surface area (Å²) in [6, 6.07) is 7.41. The van der Waals surface area contributed by atoms with E-state index in [1.54, 1.807) is 6.07 Å². The van der Waals surface area contributed by atoms with Gasteiger partial charge in [-0.25, -0.2) is 8.42 Å². The third kappa shape index (κ3) is 3.32. The van der Waals surface area contributed by atoms with Crippen molar-refractivity contribution in [3.63, 3.8) is 0 Å². The fourth-order valence-corrected chi connectivity index (χ4v) is 4.10. The lowest BCUT2D eigenvalue weighted by Gasteiger charge is -2.23. The highest BCUT2D eigenvalue weighted by Gasteiger charge is 2.27. The van der Waals surface area contributed by atoms with Gasteiger partial charge in [0.15, 0.2) is 0 Å². The van der Waals surface area contributed by atoms with Gasteiger partial charge in [-0.3, -0.25) is 4.72 Å². The summed E-state index contributed by atoms with van der Waals surface area (Å²) in [6.45, 7) is 1.55. The molecule has 0 unspecified atom stereocenters. The molecule has 1 aromatic carbocycles. The molecule has 2 N–H and O–H groups in total. The van der Waals surface area contributed by atoms with Gasteiger partial charge in [0.1, 0.15) is 0 Å². The number of nitrogens with one attached hydrogen (secondary N) is 2. The van der Waals surface area contributed by atoms with Crippen molar-refractivity contribution in [3.05, 3.63) is 27.8 Å². The van der Waals surface area contributed by atoms with Crippen LogP contribution in [0.4, 0.5) is 5.69 Å². The number of sulfonamides is 1. The molecule has 0 aromatic heterocycles. The Balaban J connectivity index is 2.14. The summed E-state index contributed by atoms with van der Waals surface area (Å²) in [4.78, 5) is 0. The van der Waals surface area contributed by atoms with Gasteiger partial charge in [0.2, 0.25) is 10.0 Å². The quantitative estimate of drug-likeness (QED) is 0.802. The van der Waals surface area contributed by atoms with E-state index >= 15 is 0 Å². The van der Waals surface area contributed by atoms with Gasteiger partial charge in [-0.15, -0.1) is 0 Å². The van der Waals surface area contributed by atoms with E-state index in [9.17, 15) is 8.42 Å². The van der Waals surface area contributed by atoms with Crippen molar-refractivity contribution in [1.82, 2.24) is 5.32 Å². The van der Waals surface area contributed by atoms with Crippen LogP contribution in [0.1, 0.15) is 12.8 Å². The summed E-state index contributed by atoms with van der Waals surface area (Å²) < 4.78 is 27.9. The highest BCUT2D eigenvalue weighted by atomic mass is 127. The highest BCUT2D eigenvalue weighted by molar-refractivity contribution is 14.1. The van der Waals surface area contributed by atoms with Gasteiger partial charge in [0.05, 0.1) is 10.9 Å². The van der Waals surface area contributed by atoms with Crippen molar-refractivity contribution in [1.29, 1.82) is 0 Å². The van der Waals surface area contributed by atoms with E-state index in [0.29, 0.717) is 18.5 Å². The first-order valence-corrected chi connectivity index (χ1v) is 8.19. The van der Waals surface area contributed by atoms with E-state index in [1.165, 1.54) is 0 Å². The van der Waals surface area contributed by atoms with Crippen molar-refractivity contribution < 1.29 is 8.42 Å². The molecule has 0 atom stereocenters. The third-order valence-corrected chi connectivity index (χ3v) is 5.65. The predicted molar refractivity (Wildman–Crippen MR) is 77.6 cm³/mol. The smallest absolute Gasteiger partial charge is 0.235 e. The molecule has 1 aliphatic rings. The van der Waals surface area contributed by atoms with Crippen molar-refractivity contribution in [3.8, 4) is 0 Å². The number of hydrogen-bond acceptors (Lipinski definition) is 3. The first-order valence-electron chi connectivity index (χ1n) is 5.56. The number of anilines is 1. The van der Waals surface area contributed by atoms with Gasteiger partial charge in [-0.1, -0.05) is 12.1 Å². The summed E-state index contributed by atoms with van der Waals surface area (Å²) >= 11 is 2.13. The molecule has 0 radical (unpaired) electrons. The second-order valence-corrected chi connectivity index (χ2v) is 7.20. The number of para-hydroxylation sites is 1. The Bertz CT molecular complexity index is 484. The Morgan fingerprint density at radius 2 is 1.88 bits per heavy atom. The monoisotopic (exact) mass is 366 g/mol. The van der Waals surface area contributed by atoms with Crippen LogP contribution in [0, 0.1) is 3.57 Å². The fourth-order valence-electron chi connectivity index (χ4n) is 1.89. The topological polar surface area (TPSA) is 58.2 Å². The summed E-state index contributed by atoms with van der Waals surface area (Å²) in [7, 11) is -3.25. The molecule has 94 valence electrons. The largest absolute Gasteiger partial charge is 0.317 e. The molecule has 1 aromatic rings. The van der Waals surface area contributed by atoms with Crippen LogP contribution < -0.4 is 10.0 Å². The van der Waals surface area contributed by atoms with Crippen LogP contribution in [-0.4, -0.2) is 26.8 Å². The zero-order chi connectivity index (χ0) is 12.3. The number of piperidine rings is 1. The number of benzene rings is 1. The zero-order valence-electron chi connectivity index (χ0n) is 9.32. The Kier molecular flexibility index (Phi) is 4.26. The molecule has 17 heavy (non-hydrogen) atoms. The predicted octanol–water partition coefficient (Wildman–Crippen LogP) is 1.78. The van der Waals surface area contributed by atoms with Crippen LogP contribution in [0.15, 0.2) is 24.3 Å². The van der Waals surface area contributed by atoms with E-state index in [4.69, 9.17) is 0 Å². The lowest BCUT2D eigenvalue weighted by atomic mass is 10.2. The van der Waals surface area contributed by atoms with Gasteiger partial charge >= 0.3 is 0 Å². The van der Waals surface area contributed by atoms with E-state index in [2.05, 4.69) is 32.6 Å². The third-order valence-electron chi connectivity index (χ3n) is 2.85.